The number of hydrogen-bond donors (Lipinski definition) is 22. The lowest BCUT2D eigenvalue weighted by Crippen LogP contribution is -2.65. The molecule has 0 aromatic rings. The Hall–Kier alpha value is -4.05. The Bertz CT molecular complexity index is 3340. The van der Waals surface area contributed by atoms with E-state index in [-0.39, 0.29) is 25.0 Å². The maximum absolute atomic E-state index is 13.9. The monoisotopic (exact) mass is 1730 g/mol. The summed E-state index contributed by atoms with van der Waals surface area (Å²) in [7, 11) is 0. The van der Waals surface area contributed by atoms with E-state index in [1.165, 1.54) is 39.0 Å². The molecule has 0 aromatic carbocycles. The van der Waals surface area contributed by atoms with E-state index in [4.69, 9.17) is 71.1 Å². The number of hydrogen-bond acceptors (Lipinski definition) is 38. The van der Waals surface area contributed by atoms with Crippen LogP contribution in [-0.2, 0) is 75.8 Å². The van der Waals surface area contributed by atoms with E-state index < -0.39 is 271 Å². The van der Waals surface area contributed by atoms with Gasteiger partial charge in [0.05, 0.1) is 69.2 Å². The van der Waals surface area contributed by atoms with Crippen LogP contribution in [0.2, 0.25) is 0 Å². The van der Waals surface area contributed by atoms with Crippen molar-refractivity contribution in [2.75, 3.05) is 39.6 Å². The Morgan fingerprint density at radius 2 is 0.708 bits per heavy atom. The predicted octanol–water partition coefficient (Wildman–Crippen LogP) is -3.44. The SMILES string of the molecule is C=C[C@@](C)(CC/C=C(\C)CC/C=C(\C)C[C@H](O)/C=C(\C)C(=O)O[C@H]1[C@H](O[C@H]2[C@H](O)[C@@H](O)[C@H](OC/C(C)=C\CC/C(C)=C/CC/C(C)=C/CC[C@@](C)(C=C)O[C@@H]3O[C@H](CO)[C@@H](O)[C@H](O)[C@H]3O[C@@H]3O[C@H](CO)[C@@H](O)[C@H](O)[C@H]3O)O[C@@H]2CO[C@@H]2O[C@@H](C)[C@H](O)[C@@H](O)[C@H]2O)O[C@@H](C)[C@H](O)[C@H]1O)O[C@@H]1O[C@H](CO)[C@H](O)[C@H](O)[C@H]1O[C@@H]1O[C@H](CO)[C@@H](O)[C@H](O)[C@H]1O. The summed E-state index contributed by atoms with van der Waals surface area (Å²) in [4.78, 5) is 13.9. The van der Waals surface area contributed by atoms with E-state index in [0.717, 1.165) is 22.3 Å². The third kappa shape index (κ3) is 27.5. The van der Waals surface area contributed by atoms with Crippen LogP contribution in [-0.4, -0.2) is 390 Å². The predicted molar refractivity (Wildman–Crippen MR) is 418 cm³/mol. The topological polar surface area (TPSA) is 601 Å². The van der Waals surface area contributed by atoms with Gasteiger partial charge in [-0.2, -0.15) is 0 Å². The van der Waals surface area contributed by atoms with Crippen LogP contribution in [0.3, 0.4) is 0 Å². The second-order valence-electron chi connectivity index (χ2n) is 32.9. The van der Waals surface area contributed by atoms with Crippen LogP contribution in [0.1, 0.15) is 140 Å². The molecule has 38 nitrogen and oxygen atoms in total. The molecule has 7 fully saturated rings. The fourth-order valence-corrected chi connectivity index (χ4v) is 14.8. The molecular formula is C82H134O38. The lowest BCUT2D eigenvalue weighted by Gasteiger charge is -2.47. The molecule has 7 saturated heterocycles. The standard InChI is InChI=1S/C82H134O38/c1-13-81(11,119-79-71(62(98)56(92)49(34-85)112-79)117-76-66(102)59(95)54(90)47(32-83)110-76)28-18-26-39(4)21-15-20-38(3)23-17-25-42(7)36-106-75-68(104)64(100)69(51(114-75)37-107-74-65(101)58(94)52(88)44(9)108-74)116-78-70(61(97)53(89)45(10)109-78)115-73(105)43(8)31-46(87)30-41(6)24-16-22-40(5)27-19-29-82(12,14-2)120-80-72(63(99)57(93)50(35-86)113-80)118-77-67(103)60(96)55(91)48(33-84)111-77/h13-14,20,24-27,31,44-72,74-80,83-104H,1-2,15-19,21-23,28-30,32-37H2,3-12H3/b38-20+,39-26+,40-27+,41-24+,42-25-,43-31+/t44-,45-,46-,47+,48+,49+,50+,51+,52-,53-,54+,55+,56+,57-,58+,59-,60-,61+,62-,63-,64+,65+,66+,67+,68+,69+,70+,71+,72+,74+,75+,76-,77-,78-,79-,80-,81+,82-/m0/s1. The first-order valence-corrected chi connectivity index (χ1v) is 40.9. The smallest absolute Gasteiger partial charge is 0.334 e. The van der Waals surface area contributed by atoms with Crippen molar-refractivity contribution in [3.05, 3.63) is 95.2 Å². The zero-order valence-corrected chi connectivity index (χ0v) is 69.7. The fourth-order valence-electron chi connectivity index (χ4n) is 14.8. The molecular weight excluding hydrogens is 1590 g/mol. The summed E-state index contributed by atoms with van der Waals surface area (Å²) in [5.74, 6) is -1.07. The molecule has 0 bridgehead atoms. The van der Waals surface area contributed by atoms with Crippen molar-refractivity contribution in [1.29, 1.82) is 0 Å². The van der Waals surface area contributed by atoms with Crippen LogP contribution in [0.5, 0.6) is 0 Å². The average Bonchev–Trinajstić information content (AvgIpc) is 0.786. The fraction of sp³-hybridized carbons (Fsp3) is 0.793. The van der Waals surface area contributed by atoms with Gasteiger partial charge in [-0.25, -0.2) is 4.79 Å². The van der Waals surface area contributed by atoms with E-state index in [2.05, 4.69) is 19.2 Å². The second kappa shape index (κ2) is 47.7. The highest BCUT2D eigenvalue weighted by Gasteiger charge is 2.57. The molecule has 38 atom stereocenters. The van der Waals surface area contributed by atoms with Crippen molar-refractivity contribution in [1.82, 2.24) is 0 Å². The number of carbonyl (C=O) groups excluding carboxylic acids is 1. The Balaban J connectivity index is 0.909. The largest absolute Gasteiger partial charge is 0.451 e. The van der Waals surface area contributed by atoms with E-state index in [1.807, 2.05) is 45.1 Å². The summed E-state index contributed by atoms with van der Waals surface area (Å²) in [5, 5.41) is 235. The Morgan fingerprint density at radius 3 is 1.15 bits per heavy atom. The number of aliphatic hydroxyl groups excluding tert-OH is 22. The van der Waals surface area contributed by atoms with Gasteiger partial charge >= 0.3 is 5.97 Å². The van der Waals surface area contributed by atoms with E-state index in [1.54, 1.807) is 27.7 Å². The maximum atomic E-state index is 13.9. The summed E-state index contributed by atoms with van der Waals surface area (Å²) in [6.45, 7) is 21.2. The van der Waals surface area contributed by atoms with E-state index in [0.29, 0.717) is 63.4 Å². The molecule has 38 heteroatoms. The van der Waals surface area contributed by atoms with Crippen LogP contribution in [0, 0.1) is 0 Å². The van der Waals surface area contributed by atoms with Gasteiger partial charge in [0.2, 0.25) is 0 Å². The highest BCUT2D eigenvalue weighted by Crippen LogP contribution is 2.39. The first kappa shape index (κ1) is 103. The number of allylic oxidation sites excluding steroid dienone is 8. The normalized spacial score (nSPS) is 41.1. The number of aliphatic hydroxyl groups is 22. The van der Waals surface area contributed by atoms with Crippen molar-refractivity contribution >= 4 is 5.97 Å². The van der Waals surface area contributed by atoms with Crippen molar-refractivity contribution in [3.8, 4) is 0 Å². The van der Waals surface area contributed by atoms with Crippen molar-refractivity contribution in [2.45, 2.75) is 372 Å². The third-order valence-electron chi connectivity index (χ3n) is 22.9. The minimum atomic E-state index is -1.91. The molecule has 0 aliphatic carbocycles. The number of rotatable bonds is 42. The quantitative estimate of drug-likeness (QED) is 0.0161. The number of carbonyl (C=O) groups is 1. The van der Waals surface area contributed by atoms with Gasteiger partial charge in [0, 0.05) is 5.57 Å². The van der Waals surface area contributed by atoms with Gasteiger partial charge in [-0.15, -0.1) is 13.2 Å². The maximum Gasteiger partial charge on any atom is 0.334 e. The van der Waals surface area contributed by atoms with Crippen molar-refractivity contribution in [3.63, 3.8) is 0 Å². The molecule has 0 spiro atoms. The van der Waals surface area contributed by atoms with Gasteiger partial charge in [0.15, 0.2) is 50.1 Å². The summed E-state index contributed by atoms with van der Waals surface area (Å²) in [6.07, 6.45) is -38.6. The Kier molecular flexibility index (Phi) is 40.9. The molecule has 7 aliphatic rings. The molecule has 0 aromatic heterocycles. The lowest BCUT2D eigenvalue weighted by atomic mass is 9.95. The molecule has 120 heavy (non-hydrogen) atoms. The van der Waals surface area contributed by atoms with Crippen LogP contribution in [0.15, 0.2) is 95.2 Å². The van der Waals surface area contributed by atoms with Gasteiger partial charge in [-0.05, 0) is 146 Å². The Labute approximate surface area is 698 Å². The first-order chi connectivity index (χ1) is 56.6. The van der Waals surface area contributed by atoms with Crippen LogP contribution in [0.25, 0.3) is 0 Å². The first-order valence-electron chi connectivity index (χ1n) is 40.9. The zero-order chi connectivity index (χ0) is 89.1. The minimum absolute atomic E-state index is 0.0718. The van der Waals surface area contributed by atoms with Gasteiger partial charge in [-0.1, -0.05) is 70.4 Å². The van der Waals surface area contributed by atoms with Gasteiger partial charge < -0.3 is 183 Å². The zero-order valence-electron chi connectivity index (χ0n) is 69.7. The molecule has 22 N–H and O–H groups in total. The van der Waals surface area contributed by atoms with Gasteiger partial charge in [-0.3, -0.25) is 0 Å². The van der Waals surface area contributed by atoms with E-state index in [9.17, 15) is 117 Å². The number of ether oxygens (including phenoxy) is 15. The number of esters is 1. The molecule has 0 amide bonds. The molecule has 0 unspecified atom stereocenters. The molecule has 690 valence electrons. The minimum Gasteiger partial charge on any atom is -0.451 e. The van der Waals surface area contributed by atoms with Crippen LogP contribution < -0.4 is 0 Å². The second-order valence-corrected chi connectivity index (χ2v) is 32.9. The molecule has 7 heterocycles. The average molecular weight is 1730 g/mol. The summed E-state index contributed by atoms with van der Waals surface area (Å²) in [6, 6.07) is 0. The molecule has 7 rings (SSSR count). The Morgan fingerprint density at radius 1 is 0.375 bits per heavy atom. The third-order valence-corrected chi connectivity index (χ3v) is 22.9. The molecule has 7 aliphatic heterocycles. The van der Waals surface area contributed by atoms with Crippen LogP contribution in [0.4, 0.5) is 0 Å². The highest BCUT2D eigenvalue weighted by atomic mass is 16.8. The van der Waals surface area contributed by atoms with Crippen molar-refractivity contribution < 1.29 is 188 Å². The molecule has 0 radical (unpaired) electrons. The molecule has 0 saturated carbocycles. The summed E-state index contributed by atoms with van der Waals surface area (Å²) >= 11 is 0. The summed E-state index contributed by atoms with van der Waals surface area (Å²) < 4.78 is 88.7. The van der Waals surface area contributed by atoms with Crippen molar-refractivity contribution in [2.24, 2.45) is 0 Å². The summed E-state index contributed by atoms with van der Waals surface area (Å²) in [5.41, 5.74) is 2.11. The van der Waals surface area contributed by atoms with Gasteiger partial charge in [0.25, 0.3) is 0 Å². The highest BCUT2D eigenvalue weighted by molar-refractivity contribution is 5.88. The van der Waals surface area contributed by atoms with E-state index >= 15 is 0 Å². The lowest BCUT2D eigenvalue weighted by molar-refractivity contribution is -0.375. The van der Waals surface area contributed by atoms with Gasteiger partial charge in [0.1, 0.15) is 153 Å². The van der Waals surface area contributed by atoms with Crippen LogP contribution >= 0.6 is 0 Å².